The molecule has 2 atom stereocenters. The average Bonchev–Trinajstić information content (AvgIpc) is 2.79. The van der Waals surface area contributed by atoms with Gasteiger partial charge < -0.3 is 5.73 Å². The van der Waals surface area contributed by atoms with Crippen LogP contribution in [0.4, 0.5) is 0 Å². The van der Waals surface area contributed by atoms with E-state index in [1.807, 2.05) is 0 Å². The summed E-state index contributed by atoms with van der Waals surface area (Å²) in [6.45, 7) is 4.39. The molecule has 14 heavy (non-hydrogen) atoms. The van der Waals surface area contributed by atoms with Gasteiger partial charge in [0.05, 0.1) is 0 Å². The largest absolute Gasteiger partial charge is 0.325 e. The number of hydrogen-bond donors (Lipinski definition) is 1. The molecule has 0 bridgehead atoms. The van der Waals surface area contributed by atoms with Crippen molar-refractivity contribution >= 4 is 0 Å². The molecule has 0 heterocycles. The summed E-state index contributed by atoms with van der Waals surface area (Å²) < 4.78 is 0. The molecule has 0 amide bonds. The minimum absolute atomic E-state index is 0.112. The lowest BCUT2D eigenvalue weighted by Crippen LogP contribution is -2.24. The Balaban J connectivity index is 2.16. The Morgan fingerprint density at radius 2 is 2.14 bits per heavy atom. The Morgan fingerprint density at radius 3 is 2.79 bits per heavy atom. The molecular formula is C13H19N. The van der Waals surface area contributed by atoms with Gasteiger partial charge in [0.25, 0.3) is 0 Å². The van der Waals surface area contributed by atoms with Gasteiger partial charge in [-0.3, -0.25) is 0 Å². The van der Waals surface area contributed by atoms with Crippen LogP contribution in [0.5, 0.6) is 0 Å². The van der Waals surface area contributed by atoms with Crippen LogP contribution in [0.1, 0.15) is 43.2 Å². The second-order valence-electron chi connectivity index (χ2n) is 4.60. The van der Waals surface area contributed by atoms with E-state index in [-0.39, 0.29) is 5.54 Å². The summed E-state index contributed by atoms with van der Waals surface area (Å²) in [6.07, 6.45) is 3.52. The van der Waals surface area contributed by atoms with Crippen LogP contribution in [0, 0.1) is 6.92 Å². The van der Waals surface area contributed by atoms with Crippen molar-refractivity contribution in [3.05, 3.63) is 35.4 Å². The maximum absolute atomic E-state index is 6.30. The van der Waals surface area contributed by atoms with Crippen LogP contribution in [0.3, 0.4) is 0 Å². The van der Waals surface area contributed by atoms with E-state index in [9.17, 15) is 0 Å². The quantitative estimate of drug-likeness (QED) is 0.777. The number of nitrogens with two attached hydrogens (primary N) is 1. The van der Waals surface area contributed by atoms with Crippen LogP contribution in [-0.4, -0.2) is 5.54 Å². The van der Waals surface area contributed by atoms with Crippen molar-refractivity contribution < 1.29 is 0 Å². The minimum atomic E-state index is 0.112. The van der Waals surface area contributed by atoms with Crippen molar-refractivity contribution in [2.45, 2.75) is 44.6 Å². The summed E-state index contributed by atoms with van der Waals surface area (Å²) in [5.74, 6) is 0.614. The molecule has 1 aliphatic rings. The summed E-state index contributed by atoms with van der Waals surface area (Å²) >= 11 is 0. The van der Waals surface area contributed by atoms with Crippen LogP contribution in [0.25, 0.3) is 0 Å². The van der Waals surface area contributed by atoms with E-state index in [4.69, 9.17) is 5.73 Å². The van der Waals surface area contributed by atoms with E-state index in [2.05, 4.69) is 38.1 Å². The highest BCUT2D eigenvalue weighted by Gasteiger charge is 2.50. The predicted molar refractivity (Wildman–Crippen MR) is 60.4 cm³/mol. The Bertz CT molecular complexity index is 332. The van der Waals surface area contributed by atoms with Crippen LogP contribution < -0.4 is 5.73 Å². The van der Waals surface area contributed by atoms with Gasteiger partial charge in [0.1, 0.15) is 0 Å². The fourth-order valence-corrected chi connectivity index (χ4v) is 2.46. The lowest BCUT2D eigenvalue weighted by molar-refractivity contribution is 0.578. The molecule has 1 fully saturated rings. The molecule has 1 aromatic rings. The molecule has 1 aliphatic carbocycles. The van der Waals surface area contributed by atoms with Crippen molar-refractivity contribution in [3.8, 4) is 0 Å². The summed E-state index contributed by atoms with van der Waals surface area (Å²) in [4.78, 5) is 0. The monoisotopic (exact) mass is 189 g/mol. The van der Waals surface area contributed by atoms with Crippen molar-refractivity contribution in [1.29, 1.82) is 0 Å². The van der Waals surface area contributed by atoms with Gasteiger partial charge in [0.15, 0.2) is 0 Å². The highest BCUT2D eigenvalue weighted by molar-refractivity contribution is 5.38. The van der Waals surface area contributed by atoms with E-state index in [1.165, 1.54) is 24.0 Å². The molecule has 0 radical (unpaired) electrons. The van der Waals surface area contributed by atoms with Crippen LogP contribution >= 0.6 is 0 Å². The molecule has 1 aromatic carbocycles. The zero-order chi connectivity index (χ0) is 10.2. The molecule has 0 saturated heterocycles. The van der Waals surface area contributed by atoms with Gasteiger partial charge in [-0.25, -0.2) is 0 Å². The number of rotatable bonds is 3. The highest BCUT2D eigenvalue weighted by Crippen LogP contribution is 2.52. The topological polar surface area (TPSA) is 26.0 Å². The maximum Gasteiger partial charge on any atom is 0.0231 e. The smallest absolute Gasteiger partial charge is 0.0231 e. The Labute approximate surface area is 86.3 Å². The zero-order valence-electron chi connectivity index (χ0n) is 9.09. The highest BCUT2D eigenvalue weighted by atomic mass is 14.9. The second-order valence-corrected chi connectivity index (χ2v) is 4.60. The van der Waals surface area contributed by atoms with E-state index < -0.39 is 0 Å². The van der Waals surface area contributed by atoms with Crippen LogP contribution in [0.15, 0.2) is 24.3 Å². The SMILES string of the molecule is CCCC1(N)CC1c1ccccc1C. The zero-order valence-corrected chi connectivity index (χ0v) is 9.09. The summed E-state index contributed by atoms with van der Waals surface area (Å²) in [7, 11) is 0. The van der Waals surface area contributed by atoms with Crippen molar-refractivity contribution in [2.75, 3.05) is 0 Å². The number of benzene rings is 1. The third kappa shape index (κ3) is 1.57. The number of hydrogen-bond acceptors (Lipinski definition) is 1. The lowest BCUT2D eigenvalue weighted by atomic mass is 9.99. The van der Waals surface area contributed by atoms with Gasteiger partial charge in [0.2, 0.25) is 0 Å². The number of aryl methyl sites for hydroxylation is 1. The molecule has 1 heteroatoms. The summed E-state index contributed by atoms with van der Waals surface area (Å²) in [6, 6.07) is 8.62. The van der Waals surface area contributed by atoms with Gasteiger partial charge in [-0.1, -0.05) is 37.6 Å². The van der Waals surface area contributed by atoms with Gasteiger partial charge in [-0.15, -0.1) is 0 Å². The molecule has 76 valence electrons. The van der Waals surface area contributed by atoms with E-state index >= 15 is 0 Å². The Kier molecular flexibility index (Phi) is 2.36. The molecule has 2 rings (SSSR count). The van der Waals surface area contributed by atoms with E-state index in [0.29, 0.717) is 5.92 Å². The summed E-state index contributed by atoms with van der Waals surface area (Å²) in [5, 5.41) is 0. The van der Waals surface area contributed by atoms with E-state index in [0.717, 1.165) is 6.42 Å². The summed E-state index contributed by atoms with van der Waals surface area (Å²) in [5.41, 5.74) is 9.27. The second kappa shape index (κ2) is 3.39. The van der Waals surface area contributed by atoms with E-state index in [1.54, 1.807) is 0 Å². The molecule has 2 unspecified atom stereocenters. The van der Waals surface area contributed by atoms with Crippen LogP contribution in [0.2, 0.25) is 0 Å². The molecule has 0 aliphatic heterocycles. The molecule has 2 N–H and O–H groups in total. The van der Waals surface area contributed by atoms with Crippen molar-refractivity contribution in [3.63, 3.8) is 0 Å². The Hall–Kier alpha value is -0.820. The maximum atomic E-state index is 6.30. The molecule has 0 spiro atoms. The van der Waals surface area contributed by atoms with Gasteiger partial charge in [-0.05, 0) is 30.9 Å². The lowest BCUT2D eigenvalue weighted by Gasteiger charge is -2.11. The minimum Gasteiger partial charge on any atom is -0.325 e. The van der Waals surface area contributed by atoms with Gasteiger partial charge in [0, 0.05) is 11.5 Å². The molecular weight excluding hydrogens is 170 g/mol. The van der Waals surface area contributed by atoms with Crippen LogP contribution in [-0.2, 0) is 0 Å². The van der Waals surface area contributed by atoms with Gasteiger partial charge in [-0.2, -0.15) is 0 Å². The Morgan fingerprint density at radius 1 is 1.43 bits per heavy atom. The first kappa shape index (κ1) is 9.72. The third-order valence-electron chi connectivity index (χ3n) is 3.40. The normalized spacial score (nSPS) is 30.4. The molecule has 1 nitrogen and oxygen atoms in total. The standard InChI is InChI=1S/C13H19N/c1-3-8-13(14)9-12(13)11-7-5-4-6-10(11)2/h4-7,12H,3,8-9,14H2,1-2H3. The first-order valence-corrected chi connectivity index (χ1v) is 5.52. The fourth-order valence-electron chi connectivity index (χ4n) is 2.46. The molecule has 0 aromatic heterocycles. The van der Waals surface area contributed by atoms with Crippen molar-refractivity contribution in [2.24, 2.45) is 5.73 Å². The predicted octanol–water partition coefficient (Wildman–Crippen LogP) is 2.98. The first-order valence-electron chi connectivity index (χ1n) is 5.52. The first-order chi connectivity index (χ1) is 6.67. The average molecular weight is 189 g/mol. The third-order valence-corrected chi connectivity index (χ3v) is 3.40. The van der Waals surface area contributed by atoms with Crippen molar-refractivity contribution in [1.82, 2.24) is 0 Å². The molecule has 1 saturated carbocycles. The van der Waals surface area contributed by atoms with Gasteiger partial charge >= 0.3 is 0 Å². The fraction of sp³-hybridized carbons (Fsp3) is 0.538.